The zero-order chi connectivity index (χ0) is 20.6. The van der Waals surface area contributed by atoms with Gasteiger partial charge in [0.05, 0.1) is 45.5 Å². The van der Waals surface area contributed by atoms with Gasteiger partial charge in [-0.05, 0) is 36.4 Å². The van der Waals surface area contributed by atoms with Crippen LogP contribution in [0.1, 0.15) is 0 Å². The number of methoxy groups -OCH3 is 1. The van der Waals surface area contributed by atoms with Crippen LogP contribution >= 0.6 is 0 Å². The Morgan fingerprint density at radius 1 is 1.10 bits per heavy atom. The number of hydrogen-bond acceptors (Lipinski definition) is 4. The lowest BCUT2D eigenvalue weighted by molar-refractivity contribution is -0.895. The first kappa shape index (κ1) is 20.6. The Balaban J connectivity index is 1.40. The molecule has 0 saturated carbocycles. The molecule has 3 N–H and O–H groups in total. The number of carbonyl (C=O) groups is 2. The number of piperazine rings is 1. The minimum atomic E-state index is -0.338. The number of para-hydroxylation sites is 2. The minimum absolute atomic E-state index is 0.0192. The van der Waals surface area contributed by atoms with Crippen LogP contribution in [0.5, 0.6) is 5.75 Å². The first-order valence-electron chi connectivity index (χ1n) is 9.59. The number of carbonyl (C=O) groups excluding carboxylic acids is 2. The second-order valence-electron chi connectivity index (χ2n) is 6.92. The Morgan fingerprint density at radius 2 is 1.79 bits per heavy atom. The molecule has 0 aromatic heterocycles. The standard InChI is InChI=1S/C21H25FN4O3/c1-29-19-5-3-2-4-18(19)23-14-21(28)26-12-10-25(11-13-26)15-20(27)24-17-8-6-16(22)7-9-17/h2-9,23H,10-15H2,1H3,(H,24,27)/p+1. The Labute approximate surface area is 169 Å². The Kier molecular flexibility index (Phi) is 7.02. The molecule has 1 saturated heterocycles. The largest absolute Gasteiger partial charge is 0.495 e. The summed E-state index contributed by atoms with van der Waals surface area (Å²) in [4.78, 5) is 27.6. The van der Waals surface area contributed by atoms with Crippen molar-refractivity contribution in [1.82, 2.24) is 4.90 Å². The molecule has 2 aromatic rings. The van der Waals surface area contributed by atoms with Crippen molar-refractivity contribution >= 4 is 23.2 Å². The van der Waals surface area contributed by atoms with Crippen molar-refractivity contribution < 1.29 is 23.6 Å². The van der Waals surface area contributed by atoms with E-state index in [-0.39, 0.29) is 24.2 Å². The number of halogens is 1. The van der Waals surface area contributed by atoms with Crippen LogP contribution in [0.3, 0.4) is 0 Å². The fourth-order valence-electron chi connectivity index (χ4n) is 3.29. The van der Waals surface area contributed by atoms with Crippen LogP contribution in [0.4, 0.5) is 15.8 Å². The van der Waals surface area contributed by atoms with Crippen LogP contribution in [0.15, 0.2) is 48.5 Å². The van der Waals surface area contributed by atoms with E-state index in [4.69, 9.17) is 4.74 Å². The number of nitrogens with zero attached hydrogens (tertiary/aromatic N) is 1. The molecule has 29 heavy (non-hydrogen) atoms. The summed E-state index contributed by atoms with van der Waals surface area (Å²) in [6.07, 6.45) is 0. The first-order valence-corrected chi connectivity index (χ1v) is 9.59. The number of anilines is 2. The maximum atomic E-state index is 12.9. The highest BCUT2D eigenvalue weighted by Crippen LogP contribution is 2.22. The number of amides is 2. The van der Waals surface area contributed by atoms with Crippen molar-refractivity contribution in [2.45, 2.75) is 0 Å². The van der Waals surface area contributed by atoms with Crippen LogP contribution < -0.4 is 20.3 Å². The molecule has 0 spiro atoms. The first-order chi connectivity index (χ1) is 14.0. The molecule has 2 aromatic carbocycles. The summed E-state index contributed by atoms with van der Waals surface area (Å²) in [5, 5.41) is 5.89. The van der Waals surface area contributed by atoms with Crippen molar-refractivity contribution in [3.8, 4) is 5.75 Å². The fourth-order valence-corrected chi connectivity index (χ4v) is 3.29. The average Bonchev–Trinajstić information content (AvgIpc) is 2.74. The number of hydrogen-bond donors (Lipinski definition) is 3. The monoisotopic (exact) mass is 401 g/mol. The number of ether oxygens (including phenoxy) is 1. The maximum absolute atomic E-state index is 12.9. The summed E-state index contributed by atoms with van der Waals surface area (Å²) in [6.45, 7) is 3.13. The van der Waals surface area contributed by atoms with E-state index < -0.39 is 0 Å². The molecule has 1 heterocycles. The van der Waals surface area contributed by atoms with Gasteiger partial charge < -0.3 is 25.2 Å². The Morgan fingerprint density at radius 3 is 2.48 bits per heavy atom. The van der Waals surface area contributed by atoms with Gasteiger partial charge in [-0.1, -0.05) is 12.1 Å². The highest BCUT2D eigenvalue weighted by atomic mass is 19.1. The third kappa shape index (κ3) is 5.92. The molecule has 0 atom stereocenters. The molecule has 2 amide bonds. The van der Waals surface area contributed by atoms with E-state index in [0.717, 1.165) is 10.6 Å². The highest BCUT2D eigenvalue weighted by Gasteiger charge is 2.25. The van der Waals surface area contributed by atoms with Gasteiger partial charge in [-0.25, -0.2) is 4.39 Å². The van der Waals surface area contributed by atoms with E-state index in [1.807, 2.05) is 29.2 Å². The Bertz CT molecular complexity index is 836. The summed E-state index contributed by atoms with van der Waals surface area (Å²) in [5.74, 6) is 0.256. The molecule has 0 unspecified atom stereocenters. The van der Waals surface area contributed by atoms with Crippen molar-refractivity contribution in [3.63, 3.8) is 0 Å². The SMILES string of the molecule is COc1ccccc1NCC(=O)N1CC[NH+](CC(=O)Nc2ccc(F)cc2)CC1. The number of rotatable bonds is 7. The van der Waals surface area contributed by atoms with E-state index >= 15 is 0 Å². The van der Waals surface area contributed by atoms with Crippen LogP contribution in [0.25, 0.3) is 0 Å². The van der Waals surface area contributed by atoms with Crippen molar-refractivity contribution in [2.24, 2.45) is 0 Å². The van der Waals surface area contributed by atoms with E-state index in [9.17, 15) is 14.0 Å². The quantitative estimate of drug-likeness (QED) is 0.636. The lowest BCUT2D eigenvalue weighted by Gasteiger charge is -2.32. The van der Waals surface area contributed by atoms with Crippen molar-refractivity contribution in [2.75, 3.05) is 57.0 Å². The van der Waals surface area contributed by atoms with Gasteiger partial charge in [-0.2, -0.15) is 0 Å². The molecule has 0 radical (unpaired) electrons. The fraction of sp³-hybridized carbons (Fsp3) is 0.333. The smallest absolute Gasteiger partial charge is 0.279 e. The van der Waals surface area contributed by atoms with Crippen molar-refractivity contribution in [1.29, 1.82) is 0 Å². The molecule has 0 bridgehead atoms. The predicted octanol–water partition coefficient (Wildman–Crippen LogP) is 0.612. The molecular formula is C21H26FN4O3+. The molecule has 1 aliphatic rings. The third-order valence-electron chi connectivity index (χ3n) is 4.90. The van der Waals surface area contributed by atoms with E-state index in [2.05, 4.69) is 10.6 Å². The summed E-state index contributed by atoms with van der Waals surface area (Å²) >= 11 is 0. The van der Waals surface area contributed by atoms with Gasteiger partial charge in [-0.3, -0.25) is 9.59 Å². The van der Waals surface area contributed by atoms with Gasteiger partial charge in [-0.15, -0.1) is 0 Å². The molecule has 154 valence electrons. The zero-order valence-electron chi connectivity index (χ0n) is 16.4. The second-order valence-corrected chi connectivity index (χ2v) is 6.92. The molecule has 7 nitrogen and oxygen atoms in total. The third-order valence-corrected chi connectivity index (χ3v) is 4.90. The molecule has 1 fully saturated rings. The van der Waals surface area contributed by atoms with Crippen molar-refractivity contribution in [3.05, 3.63) is 54.3 Å². The van der Waals surface area contributed by atoms with Gasteiger partial charge in [0.25, 0.3) is 5.91 Å². The molecule has 8 heteroatoms. The van der Waals surface area contributed by atoms with Crippen LogP contribution in [0.2, 0.25) is 0 Å². The Hall–Kier alpha value is -3.13. The number of quaternary nitrogens is 1. The lowest BCUT2D eigenvalue weighted by Crippen LogP contribution is -3.15. The maximum Gasteiger partial charge on any atom is 0.279 e. The zero-order valence-corrected chi connectivity index (χ0v) is 16.4. The number of nitrogens with one attached hydrogen (secondary N) is 3. The van der Waals surface area contributed by atoms with Crippen LogP contribution in [0, 0.1) is 5.82 Å². The lowest BCUT2D eigenvalue weighted by atomic mass is 10.2. The second kappa shape index (κ2) is 9.88. The minimum Gasteiger partial charge on any atom is -0.495 e. The topological polar surface area (TPSA) is 75.1 Å². The van der Waals surface area contributed by atoms with Crippen LogP contribution in [-0.2, 0) is 9.59 Å². The predicted molar refractivity (Wildman–Crippen MR) is 109 cm³/mol. The van der Waals surface area contributed by atoms with E-state index in [1.54, 1.807) is 7.11 Å². The van der Waals surface area contributed by atoms with E-state index in [0.29, 0.717) is 44.2 Å². The summed E-state index contributed by atoms with van der Waals surface area (Å²) in [6, 6.07) is 13.2. The summed E-state index contributed by atoms with van der Waals surface area (Å²) in [5.41, 5.74) is 1.36. The number of benzene rings is 2. The summed E-state index contributed by atoms with van der Waals surface area (Å²) in [7, 11) is 1.59. The average molecular weight is 401 g/mol. The van der Waals surface area contributed by atoms with Gasteiger partial charge in [0.2, 0.25) is 5.91 Å². The highest BCUT2D eigenvalue weighted by molar-refractivity contribution is 5.91. The molecule has 3 rings (SSSR count). The van der Waals surface area contributed by atoms with Gasteiger partial charge in [0.1, 0.15) is 11.6 Å². The molecule has 1 aliphatic heterocycles. The normalized spacial score (nSPS) is 14.3. The van der Waals surface area contributed by atoms with Gasteiger partial charge >= 0.3 is 0 Å². The van der Waals surface area contributed by atoms with Gasteiger partial charge in [0, 0.05) is 5.69 Å². The molecule has 0 aliphatic carbocycles. The summed E-state index contributed by atoms with van der Waals surface area (Å²) < 4.78 is 18.2. The van der Waals surface area contributed by atoms with Crippen LogP contribution in [-0.4, -0.2) is 63.1 Å². The molecular weight excluding hydrogens is 375 g/mol. The van der Waals surface area contributed by atoms with E-state index in [1.165, 1.54) is 24.3 Å². The van der Waals surface area contributed by atoms with Gasteiger partial charge in [0.15, 0.2) is 6.54 Å².